The Morgan fingerprint density at radius 1 is 1.56 bits per heavy atom. The van der Waals surface area contributed by atoms with Gasteiger partial charge in [0, 0.05) is 10.7 Å². The molecule has 1 rings (SSSR count). The van der Waals surface area contributed by atoms with Gasteiger partial charge in [-0.1, -0.05) is 13.2 Å². The van der Waals surface area contributed by atoms with E-state index in [1.807, 2.05) is 13.0 Å². The number of aryl methyl sites for hydroxylation is 1. The summed E-state index contributed by atoms with van der Waals surface area (Å²) < 4.78 is 1.79. The standard InChI is InChI=1S/C7H8BrN/c1-5-4-6(2)9(8)7(5)3/h4H,2-3H2,1H3. The molecule has 0 aliphatic heterocycles. The molecular formula is C7H8BrN. The highest BCUT2D eigenvalue weighted by molar-refractivity contribution is 9.08. The molecule has 2 heteroatoms. The molecule has 0 bridgehead atoms. The van der Waals surface area contributed by atoms with E-state index in [9.17, 15) is 0 Å². The third kappa shape index (κ3) is 0.944. The van der Waals surface area contributed by atoms with Crippen LogP contribution in [-0.4, -0.2) is 3.59 Å². The van der Waals surface area contributed by atoms with Crippen LogP contribution in [0.15, 0.2) is 6.07 Å². The molecule has 0 N–H and O–H groups in total. The lowest BCUT2D eigenvalue weighted by Gasteiger charge is -1.84. The molecule has 0 amide bonds. The number of rotatable bonds is 0. The van der Waals surface area contributed by atoms with Crippen LogP contribution in [0.4, 0.5) is 0 Å². The minimum atomic E-state index is 0.942. The maximum absolute atomic E-state index is 3.82. The van der Waals surface area contributed by atoms with E-state index in [0.717, 1.165) is 16.3 Å². The van der Waals surface area contributed by atoms with Gasteiger partial charge in [0.25, 0.3) is 0 Å². The van der Waals surface area contributed by atoms with Gasteiger partial charge in [0.1, 0.15) is 0 Å². The first-order chi connectivity index (χ1) is 4.13. The van der Waals surface area contributed by atoms with Crippen molar-refractivity contribution in [2.24, 2.45) is 0 Å². The van der Waals surface area contributed by atoms with Gasteiger partial charge in [-0.05, 0) is 18.6 Å². The van der Waals surface area contributed by atoms with Gasteiger partial charge in [-0.2, -0.15) is 0 Å². The molecule has 1 heterocycles. The van der Waals surface area contributed by atoms with E-state index in [-0.39, 0.29) is 0 Å². The fourth-order valence-corrected chi connectivity index (χ4v) is 1.10. The monoisotopic (exact) mass is 185 g/mol. The van der Waals surface area contributed by atoms with Gasteiger partial charge in [-0.15, -0.1) is 0 Å². The van der Waals surface area contributed by atoms with Gasteiger partial charge in [0.05, 0.1) is 16.1 Å². The highest BCUT2D eigenvalue weighted by atomic mass is 79.9. The Balaban J connectivity index is 3.68. The Bertz CT molecular complexity index is 310. The zero-order chi connectivity index (χ0) is 7.02. The first-order valence-electron chi connectivity index (χ1n) is 2.65. The van der Waals surface area contributed by atoms with Crippen molar-refractivity contribution in [2.75, 3.05) is 0 Å². The molecule has 48 valence electrons. The summed E-state index contributed by atoms with van der Waals surface area (Å²) in [6.45, 7) is 9.60. The van der Waals surface area contributed by atoms with E-state index >= 15 is 0 Å². The summed E-state index contributed by atoms with van der Waals surface area (Å²) in [7, 11) is 0. The Kier molecular flexibility index (Phi) is 1.49. The quantitative estimate of drug-likeness (QED) is 0.564. The summed E-state index contributed by atoms with van der Waals surface area (Å²) >= 11 is 3.29. The maximum Gasteiger partial charge on any atom is 0.0551 e. The molecule has 0 aliphatic rings. The zero-order valence-electron chi connectivity index (χ0n) is 5.32. The summed E-state index contributed by atoms with van der Waals surface area (Å²) in [5, 5.41) is 1.91. The maximum atomic E-state index is 3.82. The first-order valence-corrected chi connectivity index (χ1v) is 3.36. The van der Waals surface area contributed by atoms with Crippen LogP contribution < -0.4 is 10.7 Å². The Morgan fingerprint density at radius 3 is 2.22 bits per heavy atom. The van der Waals surface area contributed by atoms with Crippen molar-refractivity contribution in [3.05, 3.63) is 22.3 Å². The molecule has 0 aliphatic carbocycles. The molecule has 0 unspecified atom stereocenters. The fourth-order valence-electron chi connectivity index (χ4n) is 0.718. The van der Waals surface area contributed by atoms with Crippen LogP contribution >= 0.6 is 16.1 Å². The van der Waals surface area contributed by atoms with E-state index in [4.69, 9.17) is 0 Å². The van der Waals surface area contributed by atoms with Crippen molar-refractivity contribution in [3.63, 3.8) is 0 Å². The lowest BCUT2D eigenvalue weighted by molar-refractivity contribution is 1.19. The summed E-state index contributed by atoms with van der Waals surface area (Å²) in [4.78, 5) is 0. The molecule has 1 aromatic rings. The topological polar surface area (TPSA) is 4.93 Å². The second-order valence-corrected chi connectivity index (χ2v) is 2.76. The molecule has 9 heavy (non-hydrogen) atoms. The molecule has 0 saturated heterocycles. The Hall–Kier alpha value is -0.500. The van der Waals surface area contributed by atoms with Crippen molar-refractivity contribution >= 4 is 29.3 Å². The van der Waals surface area contributed by atoms with Crippen LogP contribution in [0.2, 0.25) is 0 Å². The van der Waals surface area contributed by atoms with Crippen molar-refractivity contribution in [2.45, 2.75) is 6.92 Å². The van der Waals surface area contributed by atoms with Crippen LogP contribution in [0, 0.1) is 6.92 Å². The molecule has 1 aromatic heterocycles. The SMILES string of the molecule is C=c1cc(C)c(=C)n1Br. The van der Waals surface area contributed by atoms with E-state index in [1.54, 1.807) is 3.59 Å². The minimum Gasteiger partial charge on any atom is -0.278 e. The van der Waals surface area contributed by atoms with Crippen LogP contribution in [0.1, 0.15) is 5.56 Å². The molecular weight excluding hydrogens is 178 g/mol. The molecule has 1 nitrogen and oxygen atoms in total. The number of hydrogen-bond donors (Lipinski definition) is 0. The third-order valence-electron chi connectivity index (χ3n) is 1.33. The van der Waals surface area contributed by atoms with Gasteiger partial charge in [0.2, 0.25) is 0 Å². The predicted molar refractivity (Wildman–Crippen MR) is 43.8 cm³/mol. The van der Waals surface area contributed by atoms with Crippen molar-refractivity contribution in [1.82, 2.24) is 3.59 Å². The van der Waals surface area contributed by atoms with Crippen LogP contribution in [0.5, 0.6) is 0 Å². The average molecular weight is 186 g/mol. The number of hydrogen-bond acceptors (Lipinski definition) is 0. The summed E-state index contributed by atoms with van der Waals surface area (Å²) in [6.07, 6.45) is 0. The van der Waals surface area contributed by atoms with Crippen molar-refractivity contribution in [3.8, 4) is 0 Å². The van der Waals surface area contributed by atoms with Gasteiger partial charge in [-0.3, -0.25) is 3.59 Å². The van der Waals surface area contributed by atoms with Crippen LogP contribution in [0.25, 0.3) is 13.2 Å². The van der Waals surface area contributed by atoms with Crippen molar-refractivity contribution in [1.29, 1.82) is 0 Å². The molecule has 0 fully saturated rings. The Labute approximate surface area is 62.6 Å². The third-order valence-corrected chi connectivity index (χ3v) is 2.21. The summed E-state index contributed by atoms with van der Waals surface area (Å²) in [6, 6.07) is 1.98. The number of aromatic nitrogens is 1. The van der Waals surface area contributed by atoms with Gasteiger partial charge in [0.15, 0.2) is 0 Å². The molecule has 0 aromatic carbocycles. The van der Waals surface area contributed by atoms with Crippen LogP contribution in [0.3, 0.4) is 0 Å². The normalized spacial score (nSPS) is 10.0. The van der Waals surface area contributed by atoms with E-state index in [2.05, 4.69) is 29.3 Å². The minimum absolute atomic E-state index is 0.942. The van der Waals surface area contributed by atoms with Gasteiger partial charge in [-0.25, -0.2) is 0 Å². The summed E-state index contributed by atoms with van der Waals surface area (Å²) in [5.41, 5.74) is 1.16. The second kappa shape index (κ2) is 2.03. The molecule has 0 atom stereocenters. The van der Waals surface area contributed by atoms with Gasteiger partial charge >= 0.3 is 0 Å². The number of nitrogens with zero attached hydrogens (tertiary/aromatic N) is 1. The predicted octanol–water partition coefficient (Wildman–Crippen LogP) is 0.775. The van der Waals surface area contributed by atoms with Crippen molar-refractivity contribution < 1.29 is 0 Å². The number of halogens is 1. The summed E-state index contributed by atoms with van der Waals surface area (Å²) in [5.74, 6) is 0. The highest BCUT2D eigenvalue weighted by Crippen LogP contribution is 1.85. The van der Waals surface area contributed by atoms with E-state index in [1.165, 1.54) is 0 Å². The zero-order valence-corrected chi connectivity index (χ0v) is 6.90. The highest BCUT2D eigenvalue weighted by Gasteiger charge is 1.91. The molecule has 0 radical (unpaired) electrons. The lowest BCUT2D eigenvalue weighted by Crippen LogP contribution is -2.15. The Morgan fingerprint density at radius 2 is 2.11 bits per heavy atom. The molecule has 0 spiro atoms. The lowest BCUT2D eigenvalue weighted by atomic mass is 10.3. The fraction of sp³-hybridized carbons (Fsp3) is 0.143. The average Bonchev–Trinajstić information content (AvgIpc) is 1.98. The van der Waals surface area contributed by atoms with Crippen LogP contribution in [-0.2, 0) is 0 Å². The van der Waals surface area contributed by atoms with E-state index in [0.29, 0.717) is 0 Å². The second-order valence-electron chi connectivity index (χ2n) is 2.05. The van der Waals surface area contributed by atoms with Gasteiger partial charge < -0.3 is 0 Å². The largest absolute Gasteiger partial charge is 0.278 e. The first kappa shape index (κ1) is 6.62. The molecule has 0 saturated carbocycles. The smallest absolute Gasteiger partial charge is 0.0551 e. The van der Waals surface area contributed by atoms with E-state index < -0.39 is 0 Å².